The standard InChI is InChI=1S/C36H39F2N9O2/c1-6-32(48)45-19-23(5)46(20-22(45)4)35-28-17-30(38)33(41-34(28)42-36(49)43-35)27-15-24(8-10-29(27)37)7-9-26-18-40-44-47(26)14-12-25-11-13-39-31(16-25)21(2)3/h6,8,10-11,13,15-18,21-23H,1,7,9,12,14,19-20H2,2-5H3,(H,41,42,43,49)/t22-,23+/m1/s1. The molecule has 254 valence electrons. The van der Waals surface area contributed by atoms with Crippen LogP contribution in [0.3, 0.4) is 0 Å². The third-order valence-corrected chi connectivity index (χ3v) is 9.07. The molecule has 1 fully saturated rings. The number of aromatic amines is 1. The summed E-state index contributed by atoms with van der Waals surface area (Å²) in [7, 11) is 0. The summed E-state index contributed by atoms with van der Waals surface area (Å²) in [5.41, 5.74) is 3.11. The number of piperazine rings is 1. The molecule has 1 aliphatic rings. The Morgan fingerprint density at radius 2 is 1.82 bits per heavy atom. The first-order valence-corrected chi connectivity index (χ1v) is 16.4. The molecule has 13 heteroatoms. The van der Waals surface area contributed by atoms with Gasteiger partial charge in [-0.1, -0.05) is 31.7 Å². The van der Waals surface area contributed by atoms with E-state index in [1.54, 1.807) is 23.2 Å². The van der Waals surface area contributed by atoms with E-state index in [1.807, 2.05) is 35.7 Å². The van der Waals surface area contributed by atoms with E-state index in [0.717, 1.165) is 23.4 Å². The number of halogens is 2. The van der Waals surface area contributed by atoms with Gasteiger partial charge in [0.25, 0.3) is 0 Å². The lowest BCUT2D eigenvalue weighted by atomic mass is 10.0. The van der Waals surface area contributed by atoms with Crippen molar-refractivity contribution < 1.29 is 13.6 Å². The molecule has 0 unspecified atom stereocenters. The lowest BCUT2D eigenvalue weighted by Gasteiger charge is -2.44. The van der Waals surface area contributed by atoms with Gasteiger partial charge in [0.15, 0.2) is 0 Å². The van der Waals surface area contributed by atoms with Crippen LogP contribution >= 0.6 is 0 Å². The number of fused-ring (bicyclic) bond motifs is 1. The number of rotatable bonds is 10. The third kappa shape index (κ3) is 7.10. The van der Waals surface area contributed by atoms with Crippen molar-refractivity contribution in [3.05, 3.63) is 106 Å². The Hall–Kier alpha value is -5.33. The van der Waals surface area contributed by atoms with E-state index in [9.17, 15) is 9.59 Å². The summed E-state index contributed by atoms with van der Waals surface area (Å²) >= 11 is 0. The van der Waals surface area contributed by atoms with Crippen molar-refractivity contribution in [1.82, 2.24) is 39.8 Å². The third-order valence-electron chi connectivity index (χ3n) is 9.07. The minimum atomic E-state index is -0.751. The van der Waals surface area contributed by atoms with E-state index < -0.39 is 17.3 Å². The molecule has 49 heavy (non-hydrogen) atoms. The Morgan fingerprint density at radius 3 is 2.59 bits per heavy atom. The topological polar surface area (TPSA) is 126 Å². The van der Waals surface area contributed by atoms with Crippen molar-refractivity contribution in [2.45, 2.75) is 71.5 Å². The van der Waals surface area contributed by atoms with Gasteiger partial charge in [0.1, 0.15) is 28.8 Å². The molecule has 0 aliphatic carbocycles. The van der Waals surface area contributed by atoms with Gasteiger partial charge in [0.2, 0.25) is 5.91 Å². The minimum absolute atomic E-state index is 0.0140. The Bertz CT molecular complexity index is 2080. The molecule has 0 saturated carbocycles. The van der Waals surface area contributed by atoms with Gasteiger partial charge in [-0.25, -0.2) is 23.2 Å². The van der Waals surface area contributed by atoms with Gasteiger partial charge in [-0.3, -0.25) is 14.8 Å². The molecule has 4 aromatic heterocycles. The van der Waals surface area contributed by atoms with Crippen molar-refractivity contribution in [2.24, 2.45) is 0 Å². The number of benzene rings is 1. The van der Waals surface area contributed by atoms with E-state index >= 15 is 8.78 Å². The highest BCUT2D eigenvalue weighted by Crippen LogP contribution is 2.32. The van der Waals surface area contributed by atoms with Crippen LogP contribution < -0.4 is 10.6 Å². The summed E-state index contributed by atoms with van der Waals surface area (Å²) in [4.78, 5) is 44.2. The molecule has 0 spiro atoms. The van der Waals surface area contributed by atoms with E-state index in [1.165, 1.54) is 23.8 Å². The summed E-state index contributed by atoms with van der Waals surface area (Å²) in [5.74, 6) is -0.980. The number of H-pyrrole nitrogens is 1. The number of hydrogen-bond donors (Lipinski definition) is 1. The molecule has 6 rings (SSSR count). The fourth-order valence-corrected chi connectivity index (χ4v) is 6.34. The maximum absolute atomic E-state index is 15.9. The highest BCUT2D eigenvalue weighted by molar-refractivity contribution is 5.90. The van der Waals surface area contributed by atoms with Crippen LogP contribution in [0.1, 0.15) is 56.1 Å². The van der Waals surface area contributed by atoms with Gasteiger partial charge in [-0.2, -0.15) is 4.98 Å². The summed E-state index contributed by atoms with van der Waals surface area (Å²) in [6.07, 6.45) is 6.72. The maximum atomic E-state index is 15.9. The van der Waals surface area contributed by atoms with Crippen LogP contribution in [-0.2, 0) is 30.6 Å². The highest BCUT2D eigenvalue weighted by atomic mass is 19.1. The molecule has 1 amide bonds. The molecular formula is C36H39F2N9O2. The fraction of sp³-hybridized carbons (Fsp3) is 0.361. The van der Waals surface area contributed by atoms with Crippen LogP contribution in [0.2, 0.25) is 0 Å². The number of anilines is 1. The first-order chi connectivity index (χ1) is 23.5. The number of nitrogens with one attached hydrogen (secondary N) is 1. The van der Waals surface area contributed by atoms with Crippen LogP contribution in [0.5, 0.6) is 0 Å². The Labute approximate surface area is 282 Å². The number of hydrogen-bond acceptors (Lipinski definition) is 8. The van der Waals surface area contributed by atoms with Crippen LogP contribution in [0.4, 0.5) is 14.6 Å². The van der Waals surface area contributed by atoms with Crippen molar-refractivity contribution in [1.29, 1.82) is 0 Å². The van der Waals surface area contributed by atoms with Gasteiger partial charge < -0.3 is 9.80 Å². The molecule has 2 atom stereocenters. The van der Waals surface area contributed by atoms with E-state index in [2.05, 4.69) is 56.7 Å². The Kier molecular flexibility index (Phi) is 9.61. The summed E-state index contributed by atoms with van der Waals surface area (Å²) in [5, 5.41) is 8.66. The first-order valence-electron chi connectivity index (χ1n) is 16.4. The zero-order valence-electron chi connectivity index (χ0n) is 28.0. The number of nitrogens with zero attached hydrogens (tertiary/aromatic N) is 8. The summed E-state index contributed by atoms with van der Waals surface area (Å²) < 4.78 is 33.0. The second-order valence-electron chi connectivity index (χ2n) is 12.9. The predicted octanol–water partition coefficient (Wildman–Crippen LogP) is 5.01. The number of aryl methyl sites for hydroxylation is 4. The molecule has 1 aliphatic heterocycles. The second kappa shape index (κ2) is 14.0. The lowest BCUT2D eigenvalue weighted by molar-refractivity contribution is -0.128. The highest BCUT2D eigenvalue weighted by Gasteiger charge is 2.33. The van der Waals surface area contributed by atoms with Gasteiger partial charge in [-0.15, -0.1) is 5.10 Å². The normalized spacial score (nSPS) is 16.5. The first kappa shape index (κ1) is 33.6. The van der Waals surface area contributed by atoms with E-state index in [4.69, 9.17) is 0 Å². The number of aromatic nitrogens is 7. The number of carbonyl (C=O) groups excluding carboxylic acids is 1. The zero-order chi connectivity index (χ0) is 34.8. The molecule has 11 nitrogen and oxygen atoms in total. The fourth-order valence-electron chi connectivity index (χ4n) is 6.34. The number of amides is 1. The van der Waals surface area contributed by atoms with Crippen LogP contribution in [0.15, 0.2) is 66.2 Å². The van der Waals surface area contributed by atoms with Gasteiger partial charge in [0.05, 0.1) is 17.3 Å². The van der Waals surface area contributed by atoms with Crippen molar-refractivity contribution in [3.8, 4) is 11.3 Å². The predicted molar refractivity (Wildman–Crippen MR) is 183 cm³/mol. The average molecular weight is 668 g/mol. The molecular weight excluding hydrogens is 628 g/mol. The molecule has 5 heterocycles. The van der Waals surface area contributed by atoms with Crippen LogP contribution in [0.25, 0.3) is 22.3 Å². The van der Waals surface area contributed by atoms with Crippen molar-refractivity contribution in [2.75, 3.05) is 18.0 Å². The molecule has 1 aromatic carbocycles. The second-order valence-corrected chi connectivity index (χ2v) is 12.9. The molecule has 1 N–H and O–H groups in total. The number of pyridine rings is 2. The van der Waals surface area contributed by atoms with Crippen molar-refractivity contribution in [3.63, 3.8) is 0 Å². The quantitative estimate of drug-likeness (QED) is 0.206. The molecule has 5 aromatic rings. The number of carbonyl (C=O) groups is 1. The van der Waals surface area contributed by atoms with Gasteiger partial charge in [0, 0.05) is 49.2 Å². The molecule has 0 radical (unpaired) electrons. The SMILES string of the molecule is C=CC(=O)N1C[C@H](C)N(c2nc(=O)[nH]c3nc(-c4cc(CCc5cnnn5CCc5ccnc(C(C)C)c5)ccc4F)c(F)cc23)C[C@H]1C. The lowest BCUT2D eigenvalue weighted by Crippen LogP contribution is -2.58. The average Bonchev–Trinajstić information content (AvgIpc) is 3.54. The van der Waals surface area contributed by atoms with Crippen molar-refractivity contribution >= 4 is 22.8 Å². The van der Waals surface area contributed by atoms with E-state index in [0.29, 0.717) is 38.4 Å². The summed E-state index contributed by atoms with van der Waals surface area (Å²) in [6, 6.07) is 9.47. The largest absolute Gasteiger partial charge is 0.349 e. The molecule has 1 saturated heterocycles. The van der Waals surface area contributed by atoms with Crippen LogP contribution in [-0.4, -0.2) is 70.9 Å². The molecule has 0 bridgehead atoms. The Balaban J connectivity index is 1.22. The Morgan fingerprint density at radius 1 is 1.02 bits per heavy atom. The van der Waals surface area contributed by atoms with E-state index in [-0.39, 0.29) is 46.1 Å². The monoisotopic (exact) mass is 667 g/mol. The van der Waals surface area contributed by atoms with Crippen LogP contribution in [0, 0.1) is 11.6 Å². The smallest absolute Gasteiger partial charge is 0.348 e. The van der Waals surface area contributed by atoms with Gasteiger partial charge in [-0.05, 0) is 86.6 Å². The maximum Gasteiger partial charge on any atom is 0.348 e. The van der Waals surface area contributed by atoms with Gasteiger partial charge >= 0.3 is 5.69 Å². The zero-order valence-corrected chi connectivity index (χ0v) is 28.0. The summed E-state index contributed by atoms with van der Waals surface area (Å²) in [6.45, 7) is 13.0. The minimum Gasteiger partial charge on any atom is -0.349 e.